The van der Waals surface area contributed by atoms with E-state index < -0.39 is 5.97 Å². The van der Waals surface area contributed by atoms with Crippen LogP contribution < -0.4 is 9.47 Å². The summed E-state index contributed by atoms with van der Waals surface area (Å²) in [4.78, 5) is 11.0. The second-order valence-electron chi connectivity index (χ2n) is 5.05. The minimum atomic E-state index is -0.910. The molecular weight excluding hydrogens is 268 g/mol. The van der Waals surface area contributed by atoms with Crippen LogP contribution in [0.4, 0.5) is 0 Å². The number of fused-ring (bicyclic) bond motifs is 1. The van der Waals surface area contributed by atoms with E-state index in [1.807, 2.05) is 24.3 Å². The van der Waals surface area contributed by atoms with E-state index in [1.54, 1.807) is 25.3 Å². The molecule has 4 nitrogen and oxygen atoms in total. The molecular formula is C17H16O4. The highest BCUT2D eigenvalue weighted by Gasteiger charge is 2.22. The van der Waals surface area contributed by atoms with Gasteiger partial charge < -0.3 is 14.6 Å². The van der Waals surface area contributed by atoms with E-state index in [-0.39, 0.29) is 6.10 Å². The van der Waals surface area contributed by atoms with Gasteiger partial charge in [0.25, 0.3) is 0 Å². The summed E-state index contributed by atoms with van der Waals surface area (Å²) in [6.07, 6.45) is 1.60. The third-order valence-electron chi connectivity index (χ3n) is 3.72. The van der Waals surface area contributed by atoms with Crippen LogP contribution >= 0.6 is 0 Å². The molecule has 0 aliphatic carbocycles. The van der Waals surface area contributed by atoms with Gasteiger partial charge in [-0.25, -0.2) is 4.79 Å². The first-order chi connectivity index (χ1) is 10.2. The summed E-state index contributed by atoms with van der Waals surface area (Å²) in [6, 6.07) is 12.9. The minimum absolute atomic E-state index is 0.0247. The van der Waals surface area contributed by atoms with E-state index in [9.17, 15) is 4.79 Å². The highest BCUT2D eigenvalue weighted by molar-refractivity contribution is 5.88. The van der Waals surface area contributed by atoms with Crippen molar-refractivity contribution >= 4 is 5.97 Å². The van der Waals surface area contributed by atoms with Crippen LogP contribution in [0.1, 0.15) is 34.0 Å². The molecule has 0 saturated carbocycles. The Hall–Kier alpha value is -2.49. The summed E-state index contributed by atoms with van der Waals surface area (Å²) in [6.45, 7) is 0. The lowest BCUT2D eigenvalue weighted by atomic mass is 9.96. The van der Waals surface area contributed by atoms with Crippen molar-refractivity contribution in [3.63, 3.8) is 0 Å². The molecule has 1 aliphatic rings. The van der Waals surface area contributed by atoms with Crippen LogP contribution in [0.2, 0.25) is 0 Å². The number of carboxylic acid groups (broad SMARTS) is 1. The molecule has 1 heterocycles. The highest BCUT2D eigenvalue weighted by atomic mass is 16.5. The molecule has 4 heteroatoms. The molecule has 0 spiro atoms. The Balaban J connectivity index is 1.85. The monoisotopic (exact) mass is 284 g/mol. The standard InChI is InChI=1S/C17H16O4/c1-20-14-4-2-3-11(10-14)15-7-5-12-9-13(17(18)19)6-8-16(12)21-15/h2-4,6,8-10,15H,5,7H2,1H3,(H,18,19). The zero-order valence-electron chi connectivity index (χ0n) is 11.7. The number of hydrogen-bond acceptors (Lipinski definition) is 3. The molecule has 1 atom stereocenters. The van der Waals surface area contributed by atoms with Gasteiger partial charge in [-0.3, -0.25) is 0 Å². The number of ether oxygens (including phenoxy) is 2. The fraction of sp³-hybridized carbons (Fsp3) is 0.235. The van der Waals surface area contributed by atoms with Crippen LogP contribution in [0, 0.1) is 0 Å². The fourth-order valence-electron chi connectivity index (χ4n) is 2.60. The lowest BCUT2D eigenvalue weighted by molar-refractivity contribution is 0.0696. The maximum absolute atomic E-state index is 11.0. The highest BCUT2D eigenvalue weighted by Crippen LogP contribution is 2.36. The topological polar surface area (TPSA) is 55.8 Å². The van der Waals surface area contributed by atoms with Crippen LogP contribution in [0.15, 0.2) is 42.5 Å². The Morgan fingerprint density at radius 2 is 2.14 bits per heavy atom. The second kappa shape index (κ2) is 5.48. The SMILES string of the molecule is COc1cccc(C2CCc3cc(C(=O)O)ccc3O2)c1. The molecule has 1 aliphatic heterocycles. The van der Waals surface area contributed by atoms with Gasteiger partial charge in [0.1, 0.15) is 17.6 Å². The fourth-order valence-corrected chi connectivity index (χ4v) is 2.60. The zero-order chi connectivity index (χ0) is 14.8. The lowest BCUT2D eigenvalue weighted by Crippen LogP contribution is -2.15. The van der Waals surface area contributed by atoms with E-state index in [1.165, 1.54) is 0 Å². The smallest absolute Gasteiger partial charge is 0.335 e. The summed E-state index contributed by atoms with van der Waals surface area (Å²) >= 11 is 0. The number of methoxy groups -OCH3 is 1. The molecule has 0 bridgehead atoms. The number of benzene rings is 2. The number of rotatable bonds is 3. The zero-order valence-corrected chi connectivity index (χ0v) is 11.7. The molecule has 0 saturated heterocycles. The van der Waals surface area contributed by atoms with Crippen LogP contribution in [-0.2, 0) is 6.42 Å². The largest absolute Gasteiger partial charge is 0.497 e. The molecule has 2 aromatic carbocycles. The van der Waals surface area contributed by atoms with Crippen molar-refractivity contribution in [1.29, 1.82) is 0 Å². The van der Waals surface area contributed by atoms with E-state index in [2.05, 4.69) is 0 Å². The molecule has 3 rings (SSSR count). The van der Waals surface area contributed by atoms with Crippen molar-refractivity contribution in [2.75, 3.05) is 7.11 Å². The number of carbonyl (C=O) groups is 1. The summed E-state index contributed by atoms with van der Waals surface area (Å²) in [5.74, 6) is 0.662. The van der Waals surface area contributed by atoms with Crippen molar-refractivity contribution in [3.05, 3.63) is 59.2 Å². The van der Waals surface area contributed by atoms with Crippen LogP contribution in [0.25, 0.3) is 0 Å². The molecule has 0 radical (unpaired) electrons. The van der Waals surface area contributed by atoms with Crippen LogP contribution in [0.5, 0.6) is 11.5 Å². The second-order valence-corrected chi connectivity index (χ2v) is 5.05. The predicted molar refractivity (Wildman–Crippen MR) is 78.1 cm³/mol. The van der Waals surface area contributed by atoms with Gasteiger partial charge in [-0.2, -0.15) is 0 Å². The molecule has 0 amide bonds. The third kappa shape index (κ3) is 2.70. The van der Waals surface area contributed by atoms with Crippen molar-refractivity contribution in [2.24, 2.45) is 0 Å². The van der Waals surface area contributed by atoms with E-state index in [4.69, 9.17) is 14.6 Å². The average Bonchev–Trinajstić information content (AvgIpc) is 2.53. The van der Waals surface area contributed by atoms with E-state index in [0.717, 1.165) is 35.5 Å². The van der Waals surface area contributed by atoms with Crippen molar-refractivity contribution < 1.29 is 19.4 Å². The Kier molecular flexibility index (Phi) is 3.52. The molecule has 21 heavy (non-hydrogen) atoms. The Morgan fingerprint density at radius 1 is 1.29 bits per heavy atom. The minimum Gasteiger partial charge on any atom is -0.497 e. The molecule has 1 unspecified atom stereocenters. The van der Waals surface area contributed by atoms with Crippen molar-refractivity contribution in [3.8, 4) is 11.5 Å². The maximum atomic E-state index is 11.0. The molecule has 0 fully saturated rings. The molecule has 2 aromatic rings. The number of hydrogen-bond donors (Lipinski definition) is 1. The van der Waals surface area contributed by atoms with Gasteiger partial charge in [0, 0.05) is 0 Å². The first-order valence-corrected chi connectivity index (χ1v) is 6.84. The van der Waals surface area contributed by atoms with Gasteiger partial charge in [0.15, 0.2) is 0 Å². The van der Waals surface area contributed by atoms with Gasteiger partial charge in [0.2, 0.25) is 0 Å². The van der Waals surface area contributed by atoms with E-state index >= 15 is 0 Å². The summed E-state index contributed by atoms with van der Waals surface area (Å²) < 4.78 is 11.2. The number of carboxylic acids is 1. The van der Waals surface area contributed by atoms with Gasteiger partial charge >= 0.3 is 5.97 Å². The van der Waals surface area contributed by atoms with Gasteiger partial charge in [0.05, 0.1) is 12.7 Å². The Labute approximate surface area is 122 Å². The molecule has 0 aromatic heterocycles. The summed E-state index contributed by atoms with van der Waals surface area (Å²) in [7, 11) is 1.64. The van der Waals surface area contributed by atoms with E-state index in [0.29, 0.717) is 5.56 Å². The first kappa shape index (κ1) is 13.5. The van der Waals surface area contributed by atoms with Gasteiger partial charge in [-0.15, -0.1) is 0 Å². The Morgan fingerprint density at radius 3 is 2.90 bits per heavy atom. The van der Waals surface area contributed by atoms with Crippen LogP contribution in [-0.4, -0.2) is 18.2 Å². The Bertz CT molecular complexity index is 678. The first-order valence-electron chi connectivity index (χ1n) is 6.84. The molecule has 1 N–H and O–H groups in total. The summed E-state index contributed by atoms with van der Waals surface area (Å²) in [5.41, 5.74) is 2.33. The lowest BCUT2D eigenvalue weighted by Gasteiger charge is -2.26. The number of aryl methyl sites for hydroxylation is 1. The maximum Gasteiger partial charge on any atom is 0.335 e. The van der Waals surface area contributed by atoms with Crippen molar-refractivity contribution in [1.82, 2.24) is 0 Å². The predicted octanol–water partition coefficient (Wildman–Crippen LogP) is 3.46. The quantitative estimate of drug-likeness (QED) is 0.937. The molecule has 108 valence electrons. The van der Waals surface area contributed by atoms with Gasteiger partial charge in [-0.05, 0) is 54.3 Å². The van der Waals surface area contributed by atoms with Crippen molar-refractivity contribution in [2.45, 2.75) is 18.9 Å². The number of aromatic carboxylic acids is 1. The summed E-state index contributed by atoms with van der Waals surface area (Å²) in [5, 5.41) is 9.02. The third-order valence-corrected chi connectivity index (χ3v) is 3.72. The van der Waals surface area contributed by atoms with Crippen LogP contribution in [0.3, 0.4) is 0 Å². The normalized spacial score (nSPS) is 16.7. The average molecular weight is 284 g/mol. The van der Waals surface area contributed by atoms with Gasteiger partial charge in [-0.1, -0.05) is 12.1 Å².